The van der Waals surface area contributed by atoms with Crippen molar-refractivity contribution < 1.29 is 0 Å². The second kappa shape index (κ2) is 23.8. The van der Waals surface area contributed by atoms with Crippen LogP contribution >= 0.6 is 0 Å². The molecule has 7 nitrogen and oxygen atoms in total. The summed E-state index contributed by atoms with van der Waals surface area (Å²) in [7, 11) is 0. The van der Waals surface area contributed by atoms with Gasteiger partial charge in [-0.25, -0.2) is 0 Å². The third-order valence-electron chi connectivity index (χ3n) is 7.54. The van der Waals surface area contributed by atoms with Crippen molar-refractivity contribution in [2.45, 2.75) is 71.3 Å². The molecule has 7 heteroatoms. The predicted molar refractivity (Wildman–Crippen MR) is 165 cm³/mol. The van der Waals surface area contributed by atoms with Crippen LogP contribution in [0.15, 0.2) is 24.3 Å². The van der Waals surface area contributed by atoms with Gasteiger partial charge in [0.2, 0.25) is 0 Å². The maximum absolute atomic E-state index is 5.54. The lowest BCUT2D eigenvalue weighted by atomic mass is 9.90. The Labute approximate surface area is 234 Å². The van der Waals surface area contributed by atoms with Gasteiger partial charge in [-0.1, -0.05) is 50.5 Å². The minimum absolute atomic E-state index is 0.773. The summed E-state index contributed by atoms with van der Waals surface area (Å²) in [6.07, 6.45) is 11.3. The molecule has 0 spiro atoms. The van der Waals surface area contributed by atoms with Crippen LogP contribution in [0.2, 0.25) is 0 Å². The lowest BCUT2D eigenvalue weighted by molar-refractivity contribution is 0.260. The minimum atomic E-state index is 0.773. The van der Waals surface area contributed by atoms with Crippen molar-refractivity contribution in [2.75, 3.05) is 85.1 Å². The molecule has 0 saturated carbocycles. The highest BCUT2D eigenvalue weighted by atomic mass is 15.1. The van der Waals surface area contributed by atoms with Crippen LogP contribution in [0.25, 0.3) is 0 Å². The molecule has 1 aromatic rings. The van der Waals surface area contributed by atoms with Crippen molar-refractivity contribution in [3.8, 4) is 0 Å². The van der Waals surface area contributed by atoms with E-state index >= 15 is 0 Å². The van der Waals surface area contributed by atoms with E-state index in [0.717, 1.165) is 104 Å². The molecule has 1 unspecified atom stereocenters. The Morgan fingerprint density at radius 2 is 1.37 bits per heavy atom. The molecule has 7 N–H and O–H groups in total. The Morgan fingerprint density at radius 3 is 2.08 bits per heavy atom. The molecule has 1 aliphatic heterocycles. The van der Waals surface area contributed by atoms with Crippen LogP contribution in [0, 0.1) is 5.92 Å². The van der Waals surface area contributed by atoms with E-state index in [-0.39, 0.29) is 0 Å². The van der Waals surface area contributed by atoms with Crippen LogP contribution in [0.4, 0.5) is 0 Å². The van der Waals surface area contributed by atoms with Crippen LogP contribution in [0.5, 0.6) is 0 Å². The molecular formula is C31H61N7. The quantitative estimate of drug-likeness (QED) is 0.172. The highest BCUT2D eigenvalue weighted by Gasteiger charge is 2.11. The number of benzene rings is 1. The van der Waals surface area contributed by atoms with Gasteiger partial charge in [0.05, 0.1) is 0 Å². The maximum Gasteiger partial charge on any atom is 0.0234 e. The lowest BCUT2D eigenvalue weighted by Crippen LogP contribution is -2.36. The van der Waals surface area contributed by atoms with Crippen molar-refractivity contribution >= 4 is 0 Å². The Hall–Kier alpha value is -1.06. The number of nitrogens with zero attached hydrogens (tertiary/aromatic N) is 1. The van der Waals surface area contributed by atoms with Crippen molar-refractivity contribution in [3.63, 3.8) is 0 Å². The number of nitrogens with two attached hydrogens (primary N) is 1. The fraction of sp³-hybridized carbons (Fsp3) is 0.806. The summed E-state index contributed by atoms with van der Waals surface area (Å²) in [4.78, 5) is 2.62. The molecule has 0 aromatic heterocycles. The maximum atomic E-state index is 5.54. The number of hydrogen-bond donors (Lipinski definition) is 6. The monoisotopic (exact) mass is 531 g/mol. The highest BCUT2D eigenvalue weighted by molar-refractivity contribution is 5.23. The minimum Gasteiger partial charge on any atom is -0.330 e. The zero-order valence-electron chi connectivity index (χ0n) is 24.7. The smallest absolute Gasteiger partial charge is 0.0234 e. The second-order valence-corrected chi connectivity index (χ2v) is 11.0. The fourth-order valence-electron chi connectivity index (χ4n) is 5.21. The average Bonchev–Trinajstić information content (AvgIpc) is 2.93. The largest absolute Gasteiger partial charge is 0.330 e. The summed E-state index contributed by atoms with van der Waals surface area (Å²) in [5, 5.41) is 17.8. The molecule has 2 rings (SSSR count). The Bertz CT molecular complexity index is 626. The first-order valence-electron chi connectivity index (χ1n) is 15.9. The van der Waals surface area contributed by atoms with Crippen molar-refractivity contribution in [2.24, 2.45) is 11.7 Å². The van der Waals surface area contributed by atoms with Crippen molar-refractivity contribution in [1.82, 2.24) is 31.5 Å². The van der Waals surface area contributed by atoms with E-state index in [9.17, 15) is 0 Å². The van der Waals surface area contributed by atoms with Crippen LogP contribution in [-0.2, 0) is 13.0 Å². The molecule has 220 valence electrons. The molecule has 1 heterocycles. The zero-order chi connectivity index (χ0) is 26.9. The molecule has 1 atom stereocenters. The van der Waals surface area contributed by atoms with E-state index in [0.29, 0.717) is 0 Å². The molecule has 0 amide bonds. The first kappa shape index (κ1) is 33.1. The lowest BCUT2D eigenvalue weighted by Gasteiger charge is -2.23. The number of nitrogens with one attached hydrogen (secondary N) is 5. The molecular weight excluding hydrogens is 470 g/mol. The molecule has 1 aromatic carbocycles. The van der Waals surface area contributed by atoms with Crippen molar-refractivity contribution in [1.29, 1.82) is 0 Å². The van der Waals surface area contributed by atoms with Gasteiger partial charge in [-0.2, -0.15) is 0 Å². The number of rotatable bonds is 17. The molecule has 0 aliphatic carbocycles. The Kier molecular flexibility index (Phi) is 20.8. The average molecular weight is 532 g/mol. The zero-order valence-corrected chi connectivity index (χ0v) is 24.7. The third-order valence-corrected chi connectivity index (χ3v) is 7.54. The van der Waals surface area contributed by atoms with Crippen LogP contribution < -0.4 is 32.3 Å². The van der Waals surface area contributed by atoms with Crippen LogP contribution in [-0.4, -0.2) is 90.0 Å². The summed E-state index contributed by atoms with van der Waals surface area (Å²) in [6, 6.07) is 9.56. The van der Waals surface area contributed by atoms with E-state index in [1.165, 1.54) is 62.5 Å². The molecule has 0 radical (unpaired) electrons. The summed E-state index contributed by atoms with van der Waals surface area (Å²) in [5.41, 5.74) is 8.50. The molecule has 1 saturated heterocycles. The number of hydrogen-bond acceptors (Lipinski definition) is 7. The molecule has 0 bridgehead atoms. The highest BCUT2D eigenvalue weighted by Crippen LogP contribution is 2.21. The van der Waals surface area contributed by atoms with E-state index in [1.54, 1.807) is 0 Å². The van der Waals surface area contributed by atoms with Gasteiger partial charge in [0.15, 0.2) is 0 Å². The normalized spacial score (nSPS) is 17.7. The van der Waals surface area contributed by atoms with Crippen LogP contribution in [0.1, 0.15) is 69.4 Å². The second-order valence-electron chi connectivity index (χ2n) is 11.0. The predicted octanol–water partition coefficient (Wildman–Crippen LogP) is 2.71. The van der Waals surface area contributed by atoms with Gasteiger partial charge >= 0.3 is 0 Å². The van der Waals surface area contributed by atoms with Gasteiger partial charge in [-0.15, -0.1) is 0 Å². The van der Waals surface area contributed by atoms with Gasteiger partial charge < -0.3 is 32.3 Å². The van der Waals surface area contributed by atoms with E-state index in [1.807, 2.05) is 0 Å². The molecule has 1 aliphatic rings. The topological polar surface area (TPSA) is 89.4 Å². The SMILES string of the molecule is CCCCC(CCCNCCNCCCN)Cc1ccc(CN2CCCNCCNCCCNCC2)cc1. The Balaban J connectivity index is 1.74. The van der Waals surface area contributed by atoms with Crippen LogP contribution in [0.3, 0.4) is 0 Å². The summed E-state index contributed by atoms with van der Waals surface area (Å²) < 4.78 is 0. The molecule has 38 heavy (non-hydrogen) atoms. The standard InChI is InChI=1S/C31H61N7/c1-2-3-8-29(9-4-15-33-20-21-34-16-5-14-32)27-30-10-12-31(13-11-30)28-38-25-7-19-36-23-22-35-17-6-18-37-24-26-38/h10-13,29,33-37H,2-9,14-28,32H2,1H3. The van der Waals surface area contributed by atoms with E-state index < -0.39 is 0 Å². The van der Waals surface area contributed by atoms with Crippen molar-refractivity contribution in [3.05, 3.63) is 35.4 Å². The Morgan fingerprint density at radius 1 is 0.737 bits per heavy atom. The van der Waals surface area contributed by atoms with Gasteiger partial charge in [-0.3, -0.25) is 4.90 Å². The summed E-state index contributed by atoms with van der Waals surface area (Å²) >= 11 is 0. The fourth-order valence-corrected chi connectivity index (χ4v) is 5.21. The first-order chi connectivity index (χ1) is 18.8. The van der Waals surface area contributed by atoms with Gasteiger partial charge in [0.1, 0.15) is 0 Å². The summed E-state index contributed by atoms with van der Waals surface area (Å²) in [5.74, 6) is 0.794. The third kappa shape index (κ3) is 17.5. The van der Waals surface area contributed by atoms with Gasteiger partial charge in [0, 0.05) is 45.8 Å². The number of unbranched alkanes of at least 4 members (excludes halogenated alkanes) is 1. The van der Waals surface area contributed by atoms with Gasteiger partial charge in [0.25, 0.3) is 0 Å². The van der Waals surface area contributed by atoms with E-state index in [4.69, 9.17) is 5.73 Å². The molecule has 1 fully saturated rings. The summed E-state index contributed by atoms with van der Waals surface area (Å²) in [6.45, 7) is 17.2. The van der Waals surface area contributed by atoms with Gasteiger partial charge in [-0.05, 0) is 101 Å². The first-order valence-corrected chi connectivity index (χ1v) is 15.9. The van der Waals surface area contributed by atoms with E-state index in [2.05, 4.69) is 62.7 Å².